The molecule has 0 radical (unpaired) electrons. The summed E-state index contributed by atoms with van der Waals surface area (Å²) in [5.41, 5.74) is 27.2. The molecule has 3 aromatic heterocycles. The highest BCUT2D eigenvalue weighted by atomic mass is 14.8. The summed E-state index contributed by atoms with van der Waals surface area (Å²) in [5, 5.41) is 0. The average Bonchev–Trinajstić information content (AvgIpc) is 1.61. The van der Waals surface area contributed by atoms with Gasteiger partial charge >= 0.3 is 0 Å². The number of fused-ring (bicyclic) bond motifs is 7. The normalized spacial score (nSPS) is 13.2. The molecule has 2 aliphatic carbocycles. The lowest BCUT2D eigenvalue weighted by molar-refractivity contribution is 0.769. The third-order valence-corrected chi connectivity index (χ3v) is 17.6. The van der Waals surface area contributed by atoms with Gasteiger partial charge in [-0.05, 0) is 150 Å². The summed E-state index contributed by atoms with van der Waals surface area (Å²) in [4.78, 5) is 20.6. The molecule has 0 spiro atoms. The van der Waals surface area contributed by atoms with Crippen molar-refractivity contribution < 1.29 is 0 Å². The van der Waals surface area contributed by atoms with E-state index in [9.17, 15) is 0 Å². The highest BCUT2D eigenvalue weighted by Gasteiger charge is 2.48. The Kier molecular flexibility index (Phi) is 11.6. The maximum Gasteiger partial charge on any atom is 0.0973 e. The number of benzene rings is 11. The van der Waals surface area contributed by atoms with E-state index in [1.54, 1.807) is 0 Å². The van der Waals surface area contributed by atoms with Crippen LogP contribution in [0.1, 0.15) is 44.5 Å². The van der Waals surface area contributed by atoms with E-state index >= 15 is 0 Å². The van der Waals surface area contributed by atoms with E-state index in [2.05, 4.69) is 289 Å². The molecule has 14 aromatic rings. The Hall–Kier alpha value is -10.9. The molecule has 392 valence electrons. The molecular formula is C80H52N4. The second kappa shape index (κ2) is 19.9. The van der Waals surface area contributed by atoms with Crippen LogP contribution in [-0.4, -0.2) is 19.9 Å². The first-order valence-corrected chi connectivity index (χ1v) is 28.8. The van der Waals surface area contributed by atoms with Gasteiger partial charge in [-0.25, -0.2) is 9.97 Å². The highest BCUT2D eigenvalue weighted by molar-refractivity contribution is 5.95. The third-order valence-electron chi connectivity index (χ3n) is 17.6. The number of hydrogen-bond donors (Lipinski definition) is 0. The molecule has 16 rings (SSSR count). The minimum atomic E-state index is -0.679. The highest BCUT2D eigenvalue weighted by Crippen LogP contribution is 2.60. The average molecular weight is 1070 g/mol. The van der Waals surface area contributed by atoms with Crippen LogP contribution in [0, 0.1) is 0 Å². The lowest BCUT2D eigenvalue weighted by atomic mass is 9.67. The van der Waals surface area contributed by atoms with Crippen molar-refractivity contribution in [3.05, 3.63) is 360 Å². The number of para-hydroxylation sites is 2. The summed E-state index contributed by atoms with van der Waals surface area (Å²) in [7, 11) is 0. The Bertz CT molecular complexity index is 4390. The Morgan fingerprint density at radius 1 is 0.214 bits per heavy atom. The SMILES string of the molecule is c1ccc(C2(c3ccccc3)c3cc(-c4ccc(-c5ccccn5)cc4)ccc3-c3ccc(-c4nc5ccccc5nc4-c4ccc5c(c4)C(c4ccccc4)(c4ccccc4)c4cc(-c6ccc(-c7ccccn7)cc6)ccc4-5)cc32)cc1. The van der Waals surface area contributed by atoms with E-state index in [1.165, 1.54) is 66.8 Å². The molecule has 0 saturated carbocycles. The molecule has 0 N–H and O–H groups in total. The third kappa shape index (κ3) is 7.76. The fourth-order valence-corrected chi connectivity index (χ4v) is 13.8. The maximum absolute atomic E-state index is 5.66. The molecule has 0 aliphatic heterocycles. The van der Waals surface area contributed by atoms with Crippen LogP contribution < -0.4 is 0 Å². The molecule has 0 fully saturated rings. The van der Waals surface area contributed by atoms with Crippen molar-refractivity contribution in [3.8, 4) is 89.5 Å². The van der Waals surface area contributed by atoms with Gasteiger partial charge in [0.2, 0.25) is 0 Å². The molecule has 3 heterocycles. The number of pyridine rings is 2. The van der Waals surface area contributed by atoms with E-state index in [0.717, 1.165) is 78.3 Å². The molecule has 4 nitrogen and oxygen atoms in total. The summed E-state index contributed by atoms with van der Waals surface area (Å²) in [6, 6.07) is 110. The standard InChI is InChI=1S/C80H52N4/c1-5-19-61(20-6-1)79(62-21-7-2-8-22-62)69-49-57(53-31-35-55(36-32-53)73-27-15-17-47-81-73)39-43-65(69)67-45-41-59(51-71(67)79)77-78(84-76-30-14-13-29-75(76)83-77)60-42-46-68-66-44-40-58(54-33-37-56(38-34-54)74-28-16-18-48-82-74)50-70(66)80(72(68)52-60,63-23-9-3-10-24-63)64-25-11-4-12-26-64/h1-52H. The van der Waals surface area contributed by atoms with Crippen LogP contribution in [0.2, 0.25) is 0 Å². The number of aromatic nitrogens is 4. The first kappa shape index (κ1) is 48.9. The number of hydrogen-bond acceptors (Lipinski definition) is 4. The van der Waals surface area contributed by atoms with Crippen molar-refractivity contribution in [2.75, 3.05) is 0 Å². The van der Waals surface area contributed by atoms with Gasteiger partial charge in [-0.3, -0.25) is 9.97 Å². The van der Waals surface area contributed by atoms with Gasteiger partial charge in [-0.1, -0.05) is 243 Å². The van der Waals surface area contributed by atoms with Crippen molar-refractivity contribution in [3.63, 3.8) is 0 Å². The van der Waals surface area contributed by atoms with Crippen LogP contribution in [0.15, 0.2) is 316 Å². The van der Waals surface area contributed by atoms with Crippen molar-refractivity contribution in [1.29, 1.82) is 0 Å². The molecule has 0 saturated heterocycles. The molecule has 0 bridgehead atoms. The monoisotopic (exact) mass is 1070 g/mol. The quantitative estimate of drug-likeness (QED) is 0.137. The van der Waals surface area contributed by atoms with Crippen LogP contribution in [0.4, 0.5) is 0 Å². The van der Waals surface area contributed by atoms with Gasteiger partial charge in [0.1, 0.15) is 0 Å². The van der Waals surface area contributed by atoms with Gasteiger partial charge in [0.15, 0.2) is 0 Å². The van der Waals surface area contributed by atoms with Gasteiger partial charge in [0.25, 0.3) is 0 Å². The van der Waals surface area contributed by atoms with Gasteiger partial charge < -0.3 is 0 Å². The van der Waals surface area contributed by atoms with Crippen LogP contribution in [0.25, 0.3) is 101 Å². The topological polar surface area (TPSA) is 51.6 Å². The fourth-order valence-electron chi connectivity index (χ4n) is 13.8. The van der Waals surface area contributed by atoms with E-state index < -0.39 is 10.8 Å². The summed E-state index contributed by atoms with van der Waals surface area (Å²) < 4.78 is 0. The van der Waals surface area contributed by atoms with Gasteiger partial charge in [-0.2, -0.15) is 0 Å². The Balaban J connectivity index is 0.888. The summed E-state index contributed by atoms with van der Waals surface area (Å²) in [5.74, 6) is 0. The zero-order valence-electron chi connectivity index (χ0n) is 45.8. The molecule has 11 aromatic carbocycles. The van der Waals surface area contributed by atoms with E-state index in [1.807, 2.05) is 36.7 Å². The molecule has 0 amide bonds. The summed E-state index contributed by atoms with van der Waals surface area (Å²) in [6.45, 7) is 0. The predicted octanol–water partition coefficient (Wildman–Crippen LogP) is 19.1. The Morgan fingerprint density at radius 3 is 0.810 bits per heavy atom. The fraction of sp³-hybridized carbons (Fsp3) is 0.0250. The van der Waals surface area contributed by atoms with Crippen molar-refractivity contribution in [1.82, 2.24) is 19.9 Å². The number of rotatable bonds is 10. The lowest BCUT2D eigenvalue weighted by Crippen LogP contribution is -2.28. The van der Waals surface area contributed by atoms with Gasteiger partial charge in [-0.15, -0.1) is 0 Å². The summed E-state index contributed by atoms with van der Waals surface area (Å²) >= 11 is 0. The minimum Gasteiger partial charge on any atom is -0.256 e. The van der Waals surface area contributed by atoms with Crippen LogP contribution >= 0.6 is 0 Å². The van der Waals surface area contributed by atoms with Crippen molar-refractivity contribution >= 4 is 11.0 Å². The van der Waals surface area contributed by atoms with Crippen LogP contribution in [-0.2, 0) is 10.8 Å². The molecule has 84 heavy (non-hydrogen) atoms. The molecule has 4 heteroatoms. The molecule has 2 aliphatic rings. The first-order chi connectivity index (χ1) is 41.6. The lowest BCUT2D eigenvalue weighted by Gasteiger charge is -2.34. The first-order valence-electron chi connectivity index (χ1n) is 28.8. The van der Waals surface area contributed by atoms with Crippen molar-refractivity contribution in [2.45, 2.75) is 10.8 Å². The van der Waals surface area contributed by atoms with E-state index in [-0.39, 0.29) is 0 Å². The Morgan fingerprint density at radius 2 is 0.488 bits per heavy atom. The molecule has 0 unspecified atom stereocenters. The van der Waals surface area contributed by atoms with Crippen LogP contribution in [0.3, 0.4) is 0 Å². The Labute approximate surface area is 488 Å². The predicted molar refractivity (Wildman–Crippen MR) is 342 cm³/mol. The number of nitrogens with zero attached hydrogens (tertiary/aromatic N) is 4. The zero-order chi connectivity index (χ0) is 55.6. The molecule has 0 atom stereocenters. The zero-order valence-corrected chi connectivity index (χ0v) is 45.8. The second-order valence-corrected chi connectivity index (χ2v) is 22.0. The summed E-state index contributed by atoms with van der Waals surface area (Å²) in [6.07, 6.45) is 3.70. The van der Waals surface area contributed by atoms with Crippen LogP contribution in [0.5, 0.6) is 0 Å². The van der Waals surface area contributed by atoms with Gasteiger partial charge in [0, 0.05) is 34.6 Å². The van der Waals surface area contributed by atoms with E-state index in [4.69, 9.17) is 9.97 Å². The molecular weight excluding hydrogens is 1020 g/mol. The second-order valence-electron chi connectivity index (χ2n) is 22.0. The minimum absolute atomic E-state index is 0.679. The smallest absolute Gasteiger partial charge is 0.0973 e. The largest absolute Gasteiger partial charge is 0.256 e. The van der Waals surface area contributed by atoms with Gasteiger partial charge in [0.05, 0.1) is 44.6 Å². The maximum atomic E-state index is 5.66. The van der Waals surface area contributed by atoms with E-state index in [0.29, 0.717) is 0 Å². The van der Waals surface area contributed by atoms with Crippen molar-refractivity contribution in [2.24, 2.45) is 0 Å².